The predicted molar refractivity (Wildman–Crippen MR) is 102 cm³/mol. The third-order valence-electron chi connectivity index (χ3n) is 4.94. The number of fused-ring (bicyclic) bond motifs is 1. The van der Waals surface area contributed by atoms with Crippen molar-refractivity contribution in [3.63, 3.8) is 0 Å². The van der Waals surface area contributed by atoms with Crippen molar-refractivity contribution in [1.29, 1.82) is 0 Å². The number of amides is 1. The SMILES string of the molecule is COc1cnccc1-c1cnc2ccc(NC[C@@H]3CCCN3C(C)=O)nn12. The number of nitrogens with one attached hydrogen (secondary N) is 1. The highest BCUT2D eigenvalue weighted by Gasteiger charge is 2.26. The number of ether oxygens (including phenoxy) is 1. The molecule has 1 fully saturated rings. The van der Waals surface area contributed by atoms with Crippen LogP contribution in [0.2, 0.25) is 0 Å². The molecule has 8 heteroatoms. The van der Waals surface area contributed by atoms with E-state index in [2.05, 4.69) is 20.4 Å². The first kappa shape index (κ1) is 17.3. The molecule has 0 radical (unpaired) electrons. The second-order valence-electron chi connectivity index (χ2n) is 6.60. The van der Waals surface area contributed by atoms with Gasteiger partial charge < -0.3 is 15.0 Å². The van der Waals surface area contributed by atoms with Crippen LogP contribution in [-0.4, -0.2) is 56.6 Å². The third-order valence-corrected chi connectivity index (χ3v) is 4.94. The number of carbonyl (C=O) groups excluding carboxylic acids is 1. The van der Waals surface area contributed by atoms with E-state index in [4.69, 9.17) is 4.74 Å². The lowest BCUT2D eigenvalue weighted by atomic mass is 10.2. The lowest BCUT2D eigenvalue weighted by Gasteiger charge is -2.23. The van der Waals surface area contributed by atoms with Crippen LogP contribution in [-0.2, 0) is 4.79 Å². The molecular formula is C19H22N6O2. The molecule has 0 aromatic carbocycles. The fourth-order valence-corrected chi connectivity index (χ4v) is 3.59. The minimum atomic E-state index is 0.129. The Balaban J connectivity index is 1.60. The summed E-state index contributed by atoms with van der Waals surface area (Å²) in [7, 11) is 1.62. The lowest BCUT2D eigenvalue weighted by molar-refractivity contribution is -0.129. The third kappa shape index (κ3) is 3.30. The number of imidazole rings is 1. The number of nitrogens with zero attached hydrogens (tertiary/aromatic N) is 5. The number of anilines is 1. The van der Waals surface area contributed by atoms with Crippen molar-refractivity contribution in [2.24, 2.45) is 0 Å². The van der Waals surface area contributed by atoms with E-state index in [0.717, 1.165) is 42.1 Å². The minimum absolute atomic E-state index is 0.129. The molecule has 1 atom stereocenters. The van der Waals surface area contributed by atoms with Gasteiger partial charge in [-0.15, -0.1) is 5.10 Å². The zero-order valence-electron chi connectivity index (χ0n) is 15.4. The number of likely N-dealkylation sites (tertiary alicyclic amines) is 1. The van der Waals surface area contributed by atoms with Crippen LogP contribution >= 0.6 is 0 Å². The fourth-order valence-electron chi connectivity index (χ4n) is 3.59. The van der Waals surface area contributed by atoms with E-state index in [9.17, 15) is 4.79 Å². The van der Waals surface area contributed by atoms with Gasteiger partial charge in [-0.3, -0.25) is 9.78 Å². The van der Waals surface area contributed by atoms with Crippen molar-refractivity contribution >= 4 is 17.4 Å². The summed E-state index contributed by atoms with van der Waals surface area (Å²) in [6, 6.07) is 5.92. The first-order valence-electron chi connectivity index (χ1n) is 9.01. The zero-order chi connectivity index (χ0) is 18.8. The smallest absolute Gasteiger partial charge is 0.219 e. The van der Waals surface area contributed by atoms with E-state index in [1.165, 1.54) is 0 Å². The van der Waals surface area contributed by atoms with Crippen molar-refractivity contribution in [1.82, 2.24) is 24.5 Å². The maximum absolute atomic E-state index is 11.7. The van der Waals surface area contributed by atoms with Gasteiger partial charge in [0.05, 0.1) is 25.2 Å². The number of aromatic nitrogens is 4. The van der Waals surface area contributed by atoms with Crippen molar-refractivity contribution < 1.29 is 9.53 Å². The summed E-state index contributed by atoms with van der Waals surface area (Å²) < 4.78 is 7.20. The summed E-state index contributed by atoms with van der Waals surface area (Å²) in [5.41, 5.74) is 2.46. The van der Waals surface area contributed by atoms with Gasteiger partial charge >= 0.3 is 0 Å². The van der Waals surface area contributed by atoms with Crippen LogP contribution in [0.1, 0.15) is 19.8 Å². The van der Waals surface area contributed by atoms with Crippen molar-refractivity contribution in [2.45, 2.75) is 25.8 Å². The Labute approximate surface area is 157 Å². The normalized spacial score (nSPS) is 16.7. The molecular weight excluding hydrogens is 344 g/mol. The van der Waals surface area contributed by atoms with Gasteiger partial charge in [-0.25, -0.2) is 9.50 Å². The number of rotatable bonds is 5. The molecule has 1 aliphatic heterocycles. The van der Waals surface area contributed by atoms with Crippen LogP contribution in [0.3, 0.4) is 0 Å². The summed E-state index contributed by atoms with van der Waals surface area (Å²) in [6.45, 7) is 3.14. The molecule has 4 rings (SSSR count). The molecule has 1 aliphatic rings. The van der Waals surface area contributed by atoms with Crippen molar-refractivity contribution in [2.75, 3.05) is 25.5 Å². The average Bonchev–Trinajstić information content (AvgIpc) is 3.33. The van der Waals surface area contributed by atoms with Gasteiger partial charge in [0.25, 0.3) is 0 Å². The van der Waals surface area contributed by atoms with Crippen molar-refractivity contribution in [3.8, 4) is 17.0 Å². The molecule has 0 spiro atoms. The number of hydrogen-bond acceptors (Lipinski definition) is 6. The largest absolute Gasteiger partial charge is 0.494 e. The average molecular weight is 366 g/mol. The highest BCUT2D eigenvalue weighted by atomic mass is 16.5. The number of carbonyl (C=O) groups is 1. The fraction of sp³-hybridized carbons (Fsp3) is 0.368. The molecule has 0 bridgehead atoms. The Hall–Kier alpha value is -3.16. The topological polar surface area (TPSA) is 84.7 Å². The van der Waals surface area contributed by atoms with Crippen LogP contribution in [0.25, 0.3) is 16.9 Å². The van der Waals surface area contributed by atoms with E-state index >= 15 is 0 Å². The maximum Gasteiger partial charge on any atom is 0.219 e. The Morgan fingerprint density at radius 2 is 2.22 bits per heavy atom. The first-order valence-corrected chi connectivity index (χ1v) is 9.01. The molecule has 1 N–H and O–H groups in total. The van der Waals surface area contributed by atoms with E-state index in [0.29, 0.717) is 12.3 Å². The van der Waals surface area contributed by atoms with Crippen LogP contribution in [0.15, 0.2) is 36.8 Å². The molecule has 8 nitrogen and oxygen atoms in total. The van der Waals surface area contributed by atoms with Gasteiger partial charge in [-0.2, -0.15) is 0 Å². The Bertz CT molecular complexity index is 970. The van der Waals surface area contributed by atoms with E-state index in [1.807, 2.05) is 23.1 Å². The molecule has 3 aromatic rings. The Kier molecular flexibility index (Phi) is 4.62. The molecule has 140 valence electrons. The highest BCUT2D eigenvalue weighted by molar-refractivity contribution is 5.74. The zero-order valence-corrected chi connectivity index (χ0v) is 15.4. The van der Waals surface area contributed by atoms with Gasteiger partial charge in [0, 0.05) is 37.8 Å². The molecule has 0 saturated carbocycles. The summed E-state index contributed by atoms with van der Waals surface area (Å²) in [5.74, 6) is 1.54. The first-order chi connectivity index (χ1) is 13.2. The Morgan fingerprint density at radius 1 is 1.33 bits per heavy atom. The van der Waals surface area contributed by atoms with Crippen LogP contribution in [0, 0.1) is 0 Å². The molecule has 1 amide bonds. The van der Waals surface area contributed by atoms with Crippen molar-refractivity contribution in [3.05, 3.63) is 36.8 Å². The number of hydrogen-bond donors (Lipinski definition) is 1. The van der Waals surface area contributed by atoms with Gasteiger partial charge in [0.1, 0.15) is 11.6 Å². The maximum atomic E-state index is 11.7. The summed E-state index contributed by atoms with van der Waals surface area (Å²) >= 11 is 0. The van der Waals surface area contributed by atoms with Gasteiger partial charge in [-0.1, -0.05) is 0 Å². The quantitative estimate of drug-likeness (QED) is 0.745. The number of pyridine rings is 1. The molecule has 27 heavy (non-hydrogen) atoms. The second kappa shape index (κ2) is 7.22. The van der Waals surface area contributed by atoms with E-state index < -0.39 is 0 Å². The Morgan fingerprint density at radius 3 is 3.04 bits per heavy atom. The number of methoxy groups -OCH3 is 1. The van der Waals surface area contributed by atoms with Gasteiger partial charge in [-0.05, 0) is 31.0 Å². The van der Waals surface area contributed by atoms with Gasteiger partial charge in [0.15, 0.2) is 5.65 Å². The van der Waals surface area contributed by atoms with Crippen LogP contribution in [0.4, 0.5) is 5.82 Å². The molecule has 1 saturated heterocycles. The van der Waals surface area contributed by atoms with Gasteiger partial charge in [0.2, 0.25) is 5.91 Å². The summed E-state index contributed by atoms with van der Waals surface area (Å²) in [5, 5.41) is 8.04. The highest BCUT2D eigenvalue weighted by Crippen LogP contribution is 2.29. The molecule has 0 aliphatic carbocycles. The molecule has 3 aromatic heterocycles. The van der Waals surface area contributed by atoms with Crippen LogP contribution < -0.4 is 10.1 Å². The summed E-state index contributed by atoms with van der Waals surface area (Å²) in [4.78, 5) is 22.2. The second-order valence-corrected chi connectivity index (χ2v) is 6.60. The monoisotopic (exact) mass is 366 g/mol. The predicted octanol–water partition coefficient (Wildman–Crippen LogP) is 2.22. The standard InChI is InChI=1S/C19H22N6O2/c1-13(26)24-9-3-4-14(24)10-21-18-5-6-19-22-11-16(25(19)23-18)15-7-8-20-12-17(15)27-2/h5-8,11-12,14H,3-4,9-10H2,1-2H3,(H,21,23)/t14-/m0/s1. The lowest BCUT2D eigenvalue weighted by Crippen LogP contribution is -2.38. The van der Waals surface area contributed by atoms with E-state index in [-0.39, 0.29) is 11.9 Å². The molecule has 4 heterocycles. The van der Waals surface area contributed by atoms with Crippen LogP contribution in [0.5, 0.6) is 5.75 Å². The summed E-state index contributed by atoms with van der Waals surface area (Å²) in [6.07, 6.45) is 7.23. The molecule has 0 unspecified atom stereocenters. The van der Waals surface area contributed by atoms with E-state index in [1.54, 1.807) is 37.1 Å². The minimum Gasteiger partial charge on any atom is -0.494 e.